The summed E-state index contributed by atoms with van der Waals surface area (Å²) < 4.78 is 0. The van der Waals surface area contributed by atoms with Crippen LogP contribution in [0.15, 0.2) is 18.2 Å². The second kappa shape index (κ2) is 7.41. The van der Waals surface area contributed by atoms with Gasteiger partial charge >= 0.3 is 0 Å². The van der Waals surface area contributed by atoms with Crippen LogP contribution in [0.5, 0.6) is 0 Å². The number of piperidine rings is 1. The Labute approximate surface area is 127 Å². The smallest absolute Gasteiger partial charge is 0.284 e. The van der Waals surface area contributed by atoms with Gasteiger partial charge in [-0.2, -0.15) is 0 Å². The summed E-state index contributed by atoms with van der Waals surface area (Å²) in [4.78, 5) is 16.8. The number of hydrazine groups is 1. The van der Waals surface area contributed by atoms with Crippen LogP contribution in [-0.2, 0) is 0 Å². The average molecular weight is 290 g/mol. The fraction of sp³-hybridized carbons (Fsp3) is 0.625. The van der Waals surface area contributed by atoms with Crippen LogP contribution in [0.25, 0.3) is 0 Å². The molecule has 1 aromatic heterocycles. The SMILES string of the molecule is CCCNc1cccc(C(=O)NN2C(C)CCCC2C)n1. The lowest BCUT2D eigenvalue weighted by atomic mass is 10.00. The predicted octanol–water partition coefficient (Wildman–Crippen LogP) is 2.81. The normalized spacial score (nSPS) is 22.8. The molecule has 0 aliphatic carbocycles. The van der Waals surface area contributed by atoms with Gasteiger partial charge in [-0.25, -0.2) is 9.99 Å². The summed E-state index contributed by atoms with van der Waals surface area (Å²) in [6, 6.07) is 6.26. The number of hydrogen-bond acceptors (Lipinski definition) is 4. The minimum absolute atomic E-state index is 0.129. The summed E-state index contributed by atoms with van der Waals surface area (Å²) in [5.41, 5.74) is 3.48. The zero-order valence-corrected chi connectivity index (χ0v) is 13.2. The standard InChI is InChI=1S/C16H26N4O/c1-4-11-17-15-10-6-9-14(18-15)16(21)19-20-12(2)7-5-8-13(20)3/h6,9-10,12-13H,4-5,7-8,11H2,1-3H3,(H,17,18)(H,19,21). The molecule has 1 aliphatic heterocycles. The third kappa shape index (κ3) is 4.17. The van der Waals surface area contributed by atoms with Gasteiger partial charge in [0.1, 0.15) is 11.5 Å². The molecule has 116 valence electrons. The fourth-order valence-corrected chi connectivity index (χ4v) is 2.73. The molecule has 0 bridgehead atoms. The van der Waals surface area contributed by atoms with Crippen molar-refractivity contribution in [2.45, 2.75) is 58.5 Å². The molecular formula is C16H26N4O. The molecule has 1 saturated heterocycles. The van der Waals surface area contributed by atoms with Crippen LogP contribution in [0.2, 0.25) is 0 Å². The van der Waals surface area contributed by atoms with Gasteiger partial charge in [0.05, 0.1) is 0 Å². The van der Waals surface area contributed by atoms with Gasteiger partial charge < -0.3 is 5.32 Å². The Kier molecular flexibility index (Phi) is 5.56. The molecule has 0 saturated carbocycles. The number of rotatable bonds is 5. The third-order valence-corrected chi connectivity index (χ3v) is 3.96. The minimum atomic E-state index is -0.129. The van der Waals surface area contributed by atoms with Crippen LogP contribution >= 0.6 is 0 Å². The Morgan fingerprint density at radius 3 is 2.71 bits per heavy atom. The molecule has 21 heavy (non-hydrogen) atoms. The first-order valence-electron chi connectivity index (χ1n) is 7.92. The second-order valence-corrected chi connectivity index (χ2v) is 5.81. The summed E-state index contributed by atoms with van der Waals surface area (Å²) >= 11 is 0. The van der Waals surface area contributed by atoms with Crippen LogP contribution < -0.4 is 10.7 Å². The van der Waals surface area contributed by atoms with Crippen molar-refractivity contribution >= 4 is 11.7 Å². The van der Waals surface area contributed by atoms with Crippen molar-refractivity contribution < 1.29 is 4.79 Å². The van der Waals surface area contributed by atoms with E-state index >= 15 is 0 Å². The first kappa shape index (κ1) is 15.8. The van der Waals surface area contributed by atoms with Crippen LogP contribution in [0.4, 0.5) is 5.82 Å². The molecule has 5 nitrogen and oxygen atoms in total. The van der Waals surface area contributed by atoms with Gasteiger partial charge in [-0.05, 0) is 45.2 Å². The van der Waals surface area contributed by atoms with Gasteiger partial charge in [0.15, 0.2) is 0 Å². The summed E-state index contributed by atoms with van der Waals surface area (Å²) in [5.74, 6) is 0.625. The molecular weight excluding hydrogens is 264 g/mol. The molecule has 1 fully saturated rings. The number of amides is 1. The molecule has 5 heteroatoms. The number of carbonyl (C=O) groups is 1. The van der Waals surface area contributed by atoms with Gasteiger partial charge in [-0.1, -0.05) is 19.4 Å². The molecule has 2 atom stereocenters. The van der Waals surface area contributed by atoms with Crippen LogP contribution in [-0.4, -0.2) is 34.5 Å². The maximum atomic E-state index is 12.4. The van der Waals surface area contributed by atoms with E-state index in [1.54, 1.807) is 6.07 Å². The van der Waals surface area contributed by atoms with Crippen molar-refractivity contribution in [2.75, 3.05) is 11.9 Å². The number of carbonyl (C=O) groups excluding carboxylic acids is 1. The van der Waals surface area contributed by atoms with Gasteiger partial charge in [0.2, 0.25) is 0 Å². The average Bonchev–Trinajstić information content (AvgIpc) is 2.49. The summed E-state index contributed by atoms with van der Waals surface area (Å²) in [6.45, 7) is 7.27. The van der Waals surface area contributed by atoms with E-state index in [0.29, 0.717) is 17.8 Å². The molecule has 0 aromatic carbocycles. The van der Waals surface area contributed by atoms with Crippen LogP contribution in [0.1, 0.15) is 56.9 Å². The zero-order chi connectivity index (χ0) is 15.2. The van der Waals surface area contributed by atoms with E-state index in [4.69, 9.17) is 0 Å². The van der Waals surface area contributed by atoms with Crippen molar-refractivity contribution in [2.24, 2.45) is 0 Å². The van der Waals surface area contributed by atoms with E-state index in [9.17, 15) is 4.79 Å². The number of nitrogens with one attached hydrogen (secondary N) is 2. The summed E-state index contributed by atoms with van der Waals surface area (Å²) in [6.07, 6.45) is 4.50. The Balaban J connectivity index is 2.02. The fourth-order valence-electron chi connectivity index (χ4n) is 2.73. The molecule has 0 radical (unpaired) electrons. The largest absolute Gasteiger partial charge is 0.370 e. The topological polar surface area (TPSA) is 57.3 Å². The summed E-state index contributed by atoms with van der Waals surface area (Å²) in [7, 11) is 0. The van der Waals surface area contributed by atoms with E-state index in [1.807, 2.05) is 12.1 Å². The highest BCUT2D eigenvalue weighted by atomic mass is 16.2. The second-order valence-electron chi connectivity index (χ2n) is 5.81. The summed E-state index contributed by atoms with van der Waals surface area (Å²) in [5, 5.41) is 5.28. The monoisotopic (exact) mass is 290 g/mol. The third-order valence-electron chi connectivity index (χ3n) is 3.96. The van der Waals surface area contributed by atoms with E-state index < -0.39 is 0 Å². The lowest BCUT2D eigenvalue weighted by Crippen LogP contribution is -2.54. The van der Waals surface area contributed by atoms with E-state index in [-0.39, 0.29) is 5.91 Å². The highest BCUT2D eigenvalue weighted by Gasteiger charge is 2.26. The molecule has 2 heterocycles. The number of pyridine rings is 1. The predicted molar refractivity (Wildman–Crippen MR) is 85.1 cm³/mol. The maximum absolute atomic E-state index is 12.4. The van der Waals surface area contributed by atoms with Crippen molar-refractivity contribution in [3.8, 4) is 0 Å². The maximum Gasteiger partial charge on any atom is 0.284 e. The Morgan fingerprint density at radius 2 is 2.05 bits per heavy atom. The van der Waals surface area contributed by atoms with Crippen molar-refractivity contribution in [3.63, 3.8) is 0 Å². The lowest BCUT2D eigenvalue weighted by Gasteiger charge is -2.38. The Hall–Kier alpha value is -1.62. The number of aromatic nitrogens is 1. The number of anilines is 1. The first-order valence-corrected chi connectivity index (χ1v) is 7.92. The van der Waals surface area contributed by atoms with E-state index in [1.165, 1.54) is 6.42 Å². The van der Waals surface area contributed by atoms with E-state index in [0.717, 1.165) is 31.6 Å². The van der Waals surface area contributed by atoms with Gasteiger partial charge in [-0.15, -0.1) is 0 Å². The Bertz CT molecular complexity index is 467. The molecule has 1 aromatic rings. The molecule has 2 rings (SSSR count). The van der Waals surface area contributed by atoms with Gasteiger partial charge in [0, 0.05) is 18.6 Å². The van der Waals surface area contributed by atoms with Crippen molar-refractivity contribution in [1.29, 1.82) is 0 Å². The highest BCUT2D eigenvalue weighted by Crippen LogP contribution is 2.20. The highest BCUT2D eigenvalue weighted by molar-refractivity contribution is 5.92. The molecule has 0 spiro atoms. The van der Waals surface area contributed by atoms with Gasteiger partial charge in [0.25, 0.3) is 5.91 Å². The van der Waals surface area contributed by atoms with Crippen molar-refractivity contribution in [3.05, 3.63) is 23.9 Å². The number of nitrogens with zero attached hydrogens (tertiary/aromatic N) is 2. The van der Waals surface area contributed by atoms with E-state index in [2.05, 4.69) is 41.5 Å². The first-order chi connectivity index (χ1) is 10.1. The molecule has 2 unspecified atom stereocenters. The molecule has 1 amide bonds. The lowest BCUT2D eigenvalue weighted by molar-refractivity contribution is 0.0366. The minimum Gasteiger partial charge on any atom is -0.370 e. The van der Waals surface area contributed by atoms with Crippen LogP contribution in [0.3, 0.4) is 0 Å². The Morgan fingerprint density at radius 1 is 1.33 bits per heavy atom. The van der Waals surface area contributed by atoms with Crippen molar-refractivity contribution in [1.82, 2.24) is 15.4 Å². The molecule has 2 N–H and O–H groups in total. The zero-order valence-electron chi connectivity index (χ0n) is 13.2. The van der Waals surface area contributed by atoms with Crippen LogP contribution in [0, 0.1) is 0 Å². The number of hydrogen-bond donors (Lipinski definition) is 2. The van der Waals surface area contributed by atoms with Gasteiger partial charge in [-0.3, -0.25) is 10.2 Å². The molecule has 1 aliphatic rings. The quantitative estimate of drug-likeness (QED) is 0.875.